The number of benzene rings is 1. The summed E-state index contributed by atoms with van der Waals surface area (Å²) in [5, 5.41) is 0. The van der Waals surface area contributed by atoms with Crippen LogP contribution < -0.4 is 10.5 Å². The molecule has 0 aromatic heterocycles. The van der Waals surface area contributed by atoms with Gasteiger partial charge >= 0.3 is 0 Å². The fourth-order valence-electron chi connectivity index (χ4n) is 1.65. The van der Waals surface area contributed by atoms with Crippen LogP contribution in [-0.2, 0) is 16.3 Å². The topological polar surface area (TPSA) is 69.4 Å². The Hall–Kier alpha value is -1.07. The van der Waals surface area contributed by atoms with Gasteiger partial charge in [-0.2, -0.15) is 0 Å². The summed E-state index contributed by atoms with van der Waals surface area (Å²) in [4.78, 5) is 0. The van der Waals surface area contributed by atoms with E-state index in [1.54, 1.807) is 7.11 Å². The van der Waals surface area contributed by atoms with Crippen molar-refractivity contribution in [2.75, 3.05) is 25.2 Å². The molecule has 0 saturated heterocycles. The van der Waals surface area contributed by atoms with Crippen LogP contribution in [0.5, 0.6) is 5.75 Å². The molecule has 0 bridgehead atoms. The first-order valence-electron chi connectivity index (χ1n) is 5.52. The van der Waals surface area contributed by atoms with Gasteiger partial charge in [-0.15, -0.1) is 0 Å². The molecule has 0 unspecified atom stereocenters. The van der Waals surface area contributed by atoms with Gasteiger partial charge in [0.25, 0.3) is 0 Å². The van der Waals surface area contributed by atoms with Crippen LogP contribution in [0.3, 0.4) is 0 Å². The molecule has 17 heavy (non-hydrogen) atoms. The third-order valence-corrected chi connectivity index (χ3v) is 4.27. The van der Waals surface area contributed by atoms with Gasteiger partial charge in [-0.1, -0.05) is 12.1 Å². The van der Waals surface area contributed by atoms with Crippen molar-refractivity contribution in [3.63, 3.8) is 0 Å². The molecule has 1 aromatic rings. The van der Waals surface area contributed by atoms with Gasteiger partial charge in [0.1, 0.15) is 5.75 Å². The Labute approximate surface area is 103 Å². The Morgan fingerprint density at radius 1 is 1.29 bits per heavy atom. The highest BCUT2D eigenvalue weighted by Crippen LogP contribution is 2.18. The zero-order valence-corrected chi connectivity index (χ0v) is 11.1. The first-order chi connectivity index (χ1) is 7.98. The van der Waals surface area contributed by atoms with Crippen LogP contribution in [-0.4, -0.2) is 33.6 Å². The lowest BCUT2D eigenvalue weighted by Crippen LogP contribution is -2.19. The lowest BCUT2D eigenvalue weighted by molar-refractivity contribution is 0.411. The minimum atomic E-state index is -3.01. The molecule has 0 atom stereocenters. The highest BCUT2D eigenvalue weighted by atomic mass is 32.2. The van der Waals surface area contributed by atoms with Crippen molar-refractivity contribution in [3.05, 3.63) is 29.3 Å². The number of nitrogens with two attached hydrogens (primary N) is 1. The molecule has 0 spiro atoms. The number of hydrogen-bond acceptors (Lipinski definition) is 4. The second-order valence-electron chi connectivity index (χ2n) is 3.99. The zero-order chi connectivity index (χ0) is 12.9. The number of sulfone groups is 1. The normalized spacial score (nSPS) is 11.5. The van der Waals surface area contributed by atoms with Crippen molar-refractivity contribution in [1.29, 1.82) is 0 Å². The molecule has 0 amide bonds. The van der Waals surface area contributed by atoms with Crippen LogP contribution >= 0.6 is 0 Å². The summed E-state index contributed by atoms with van der Waals surface area (Å²) < 4.78 is 28.2. The summed E-state index contributed by atoms with van der Waals surface area (Å²) in [7, 11) is -1.40. The lowest BCUT2D eigenvalue weighted by atomic mass is 10.1. The number of ether oxygens (including phenoxy) is 1. The summed E-state index contributed by atoms with van der Waals surface area (Å²) in [5.74, 6) is 1.02. The van der Waals surface area contributed by atoms with Crippen LogP contribution in [0, 0.1) is 6.92 Å². The van der Waals surface area contributed by atoms with E-state index in [2.05, 4.69) is 0 Å². The SMILES string of the molecule is COc1ccc(CCS(=O)(=O)CCN)cc1C. The molecule has 5 heteroatoms. The summed E-state index contributed by atoms with van der Waals surface area (Å²) in [6.45, 7) is 2.13. The summed E-state index contributed by atoms with van der Waals surface area (Å²) >= 11 is 0. The van der Waals surface area contributed by atoms with Crippen molar-refractivity contribution in [2.45, 2.75) is 13.3 Å². The number of hydrogen-bond donors (Lipinski definition) is 1. The molecule has 0 aliphatic rings. The summed E-state index contributed by atoms with van der Waals surface area (Å²) in [5.41, 5.74) is 7.27. The maximum absolute atomic E-state index is 11.5. The van der Waals surface area contributed by atoms with Crippen LogP contribution in [0.25, 0.3) is 0 Å². The van der Waals surface area contributed by atoms with E-state index in [0.717, 1.165) is 16.9 Å². The highest BCUT2D eigenvalue weighted by Gasteiger charge is 2.10. The Balaban J connectivity index is 2.67. The predicted molar refractivity (Wildman–Crippen MR) is 69.1 cm³/mol. The molecule has 0 radical (unpaired) electrons. The molecule has 0 aliphatic carbocycles. The summed E-state index contributed by atoms with van der Waals surface area (Å²) in [6.07, 6.45) is 0.521. The fraction of sp³-hybridized carbons (Fsp3) is 0.500. The van der Waals surface area contributed by atoms with Crippen molar-refractivity contribution < 1.29 is 13.2 Å². The van der Waals surface area contributed by atoms with Crippen molar-refractivity contribution in [3.8, 4) is 5.75 Å². The molecule has 0 saturated carbocycles. The summed E-state index contributed by atoms with van der Waals surface area (Å²) in [6, 6.07) is 5.71. The van der Waals surface area contributed by atoms with E-state index in [1.165, 1.54) is 0 Å². The van der Waals surface area contributed by atoms with Crippen molar-refractivity contribution in [1.82, 2.24) is 0 Å². The zero-order valence-electron chi connectivity index (χ0n) is 10.3. The quantitative estimate of drug-likeness (QED) is 0.822. The minimum absolute atomic E-state index is 0.0577. The van der Waals surface area contributed by atoms with Crippen LogP contribution in [0.1, 0.15) is 11.1 Å². The third-order valence-electron chi connectivity index (χ3n) is 2.59. The number of rotatable bonds is 6. The van der Waals surface area contributed by atoms with Gasteiger partial charge in [-0.05, 0) is 30.5 Å². The Kier molecular flexibility index (Phi) is 4.96. The van der Waals surface area contributed by atoms with Crippen LogP contribution in [0.15, 0.2) is 18.2 Å². The fourth-order valence-corrected chi connectivity index (χ4v) is 2.76. The predicted octanol–water partition coefficient (Wildman–Crippen LogP) is 0.920. The Bertz CT molecular complexity index is 469. The molecular weight excluding hydrogens is 238 g/mol. The van der Waals surface area contributed by atoms with Crippen LogP contribution in [0.2, 0.25) is 0 Å². The standard InChI is InChI=1S/C12H19NO3S/c1-10-9-11(3-4-12(10)16-2)5-7-17(14,15)8-6-13/h3-4,9H,5-8,13H2,1-2H3. The largest absolute Gasteiger partial charge is 0.496 e. The highest BCUT2D eigenvalue weighted by molar-refractivity contribution is 7.91. The van der Waals surface area contributed by atoms with Crippen molar-refractivity contribution in [2.24, 2.45) is 5.73 Å². The molecule has 2 N–H and O–H groups in total. The second kappa shape index (κ2) is 6.02. The van der Waals surface area contributed by atoms with Gasteiger partial charge in [-0.3, -0.25) is 0 Å². The van der Waals surface area contributed by atoms with Crippen molar-refractivity contribution >= 4 is 9.84 Å². The van der Waals surface area contributed by atoms with E-state index in [9.17, 15) is 8.42 Å². The lowest BCUT2D eigenvalue weighted by Gasteiger charge is -2.07. The number of methoxy groups -OCH3 is 1. The van der Waals surface area contributed by atoms with Gasteiger partial charge in [0.05, 0.1) is 18.6 Å². The second-order valence-corrected chi connectivity index (χ2v) is 6.30. The average Bonchev–Trinajstić information content (AvgIpc) is 2.27. The minimum Gasteiger partial charge on any atom is -0.496 e. The van der Waals surface area contributed by atoms with Gasteiger partial charge in [0.2, 0.25) is 0 Å². The molecular formula is C12H19NO3S. The van der Waals surface area contributed by atoms with E-state index in [-0.39, 0.29) is 18.1 Å². The van der Waals surface area contributed by atoms with E-state index >= 15 is 0 Å². The van der Waals surface area contributed by atoms with E-state index in [4.69, 9.17) is 10.5 Å². The van der Waals surface area contributed by atoms with Crippen LogP contribution in [0.4, 0.5) is 0 Å². The van der Waals surface area contributed by atoms with E-state index in [0.29, 0.717) is 6.42 Å². The first kappa shape index (κ1) is 14.0. The van der Waals surface area contributed by atoms with E-state index in [1.807, 2.05) is 25.1 Å². The smallest absolute Gasteiger partial charge is 0.151 e. The molecule has 4 nitrogen and oxygen atoms in total. The number of aryl methyl sites for hydroxylation is 2. The maximum atomic E-state index is 11.5. The van der Waals surface area contributed by atoms with Gasteiger partial charge in [0, 0.05) is 6.54 Å². The maximum Gasteiger partial charge on any atom is 0.151 e. The third kappa shape index (κ3) is 4.36. The van der Waals surface area contributed by atoms with Gasteiger partial charge in [-0.25, -0.2) is 8.42 Å². The molecule has 1 rings (SSSR count). The molecule has 1 aromatic carbocycles. The Morgan fingerprint density at radius 2 is 2.00 bits per heavy atom. The monoisotopic (exact) mass is 257 g/mol. The Morgan fingerprint density at radius 3 is 2.53 bits per heavy atom. The van der Waals surface area contributed by atoms with Gasteiger partial charge < -0.3 is 10.5 Å². The molecule has 0 fully saturated rings. The molecule has 0 heterocycles. The van der Waals surface area contributed by atoms with E-state index < -0.39 is 9.84 Å². The average molecular weight is 257 g/mol. The molecule has 96 valence electrons. The van der Waals surface area contributed by atoms with Gasteiger partial charge in [0.15, 0.2) is 9.84 Å². The first-order valence-corrected chi connectivity index (χ1v) is 7.34. The molecule has 0 aliphatic heterocycles.